The van der Waals surface area contributed by atoms with Crippen LogP contribution in [0.15, 0.2) is 65.1 Å². The first-order valence-corrected chi connectivity index (χ1v) is 10.5. The van der Waals surface area contributed by atoms with Gasteiger partial charge in [-0.25, -0.2) is 0 Å². The Labute approximate surface area is 180 Å². The maximum Gasteiger partial charge on any atom is 0.134 e. The molecule has 0 radical (unpaired) electrons. The van der Waals surface area contributed by atoms with Gasteiger partial charge in [-0.05, 0) is 92.6 Å². The van der Waals surface area contributed by atoms with E-state index in [4.69, 9.17) is 9.15 Å². The number of benzene rings is 2. The second-order valence-corrected chi connectivity index (χ2v) is 8.43. The number of fused-ring (bicyclic) bond motifs is 1. The summed E-state index contributed by atoms with van der Waals surface area (Å²) in [5, 5.41) is 10.7. The van der Waals surface area contributed by atoms with Gasteiger partial charge in [0.05, 0.1) is 4.88 Å². The molecule has 0 fully saturated rings. The van der Waals surface area contributed by atoms with Gasteiger partial charge in [-0.1, -0.05) is 11.8 Å². The minimum Gasteiger partial charge on any atom is -0.508 e. The standard InChI is InChI=1S/C26H22O3S/c1-17-14-23(7-10-25(17)27)28-13-12-20(5-9-24-8-4-19(3)30-24)21-6-11-26-22(16-21)15-18(2)29-26/h4,6-8,10-12,14-16,27H,13H2,1-3H3/b20-12-. The smallest absolute Gasteiger partial charge is 0.134 e. The highest BCUT2D eigenvalue weighted by molar-refractivity contribution is 7.12. The van der Waals surface area contributed by atoms with Gasteiger partial charge >= 0.3 is 0 Å². The van der Waals surface area contributed by atoms with E-state index < -0.39 is 0 Å². The highest BCUT2D eigenvalue weighted by Gasteiger charge is 2.05. The Morgan fingerprint density at radius 1 is 1.07 bits per heavy atom. The normalized spacial score (nSPS) is 11.4. The number of allylic oxidation sites excluding steroid dienone is 1. The van der Waals surface area contributed by atoms with Crippen molar-refractivity contribution in [2.45, 2.75) is 20.8 Å². The van der Waals surface area contributed by atoms with Gasteiger partial charge in [-0.2, -0.15) is 0 Å². The maximum atomic E-state index is 9.68. The third kappa shape index (κ3) is 4.59. The molecule has 0 aliphatic heterocycles. The van der Waals surface area contributed by atoms with Crippen LogP contribution in [0.2, 0.25) is 0 Å². The van der Waals surface area contributed by atoms with E-state index in [0.717, 1.165) is 38.3 Å². The minimum absolute atomic E-state index is 0.263. The van der Waals surface area contributed by atoms with Crippen LogP contribution in [0.1, 0.15) is 26.6 Å². The summed E-state index contributed by atoms with van der Waals surface area (Å²) in [5.74, 6) is 8.45. The lowest BCUT2D eigenvalue weighted by Gasteiger charge is -2.07. The van der Waals surface area contributed by atoms with E-state index in [2.05, 4.69) is 30.9 Å². The van der Waals surface area contributed by atoms with Gasteiger partial charge in [0.1, 0.15) is 29.4 Å². The van der Waals surface area contributed by atoms with E-state index in [-0.39, 0.29) is 5.75 Å². The van der Waals surface area contributed by atoms with E-state index in [0.29, 0.717) is 12.4 Å². The highest BCUT2D eigenvalue weighted by atomic mass is 32.1. The lowest BCUT2D eigenvalue weighted by atomic mass is 10.0. The van der Waals surface area contributed by atoms with Crippen LogP contribution in [0.4, 0.5) is 0 Å². The zero-order valence-electron chi connectivity index (χ0n) is 17.2. The SMILES string of the molecule is Cc1cc2cc(/C(C#Cc3ccc(C)s3)=C\COc3ccc(O)c(C)c3)ccc2o1. The van der Waals surface area contributed by atoms with Crippen molar-refractivity contribution in [1.29, 1.82) is 0 Å². The molecule has 0 saturated carbocycles. The fraction of sp³-hybridized carbons (Fsp3) is 0.154. The minimum atomic E-state index is 0.263. The van der Waals surface area contributed by atoms with E-state index >= 15 is 0 Å². The van der Waals surface area contributed by atoms with Gasteiger partial charge in [0, 0.05) is 15.8 Å². The van der Waals surface area contributed by atoms with Crippen molar-refractivity contribution in [2.24, 2.45) is 0 Å². The number of hydrogen-bond donors (Lipinski definition) is 1. The molecule has 0 saturated heterocycles. The van der Waals surface area contributed by atoms with Crippen LogP contribution in [-0.4, -0.2) is 11.7 Å². The molecule has 2 aromatic carbocycles. The number of aromatic hydroxyl groups is 1. The predicted molar refractivity (Wildman–Crippen MR) is 123 cm³/mol. The molecule has 4 rings (SSSR count). The summed E-state index contributed by atoms with van der Waals surface area (Å²) in [5.41, 5.74) is 3.57. The summed E-state index contributed by atoms with van der Waals surface area (Å²) in [6, 6.07) is 17.5. The second-order valence-electron chi connectivity index (χ2n) is 7.15. The Morgan fingerprint density at radius 3 is 2.70 bits per heavy atom. The number of furan rings is 1. The van der Waals surface area contributed by atoms with Crippen LogP contribution in [0.5, 0.6) is 11.5 Å². The first kappa shape index (κ1) is 19.9. The Hall–Kier alpha value is -3.42. The molecular weight excluding hydrogens is 392 g/mol. The average Bonchev–Trinajstić information content (AvgIpc) is 3.30. The number of aryl methyl sites for hydroxylation is 3. The number of thiophene rings is 1. The Balaban J connectivity index is 1.63. The van der Waals surface area contributed by atoms with Crippen LogP contribution in [0.25, 0.3) is 16.5 Å². The molecule has 150 valence electrons. The molecule has 4 heteroatoms. The lowest BCUT2D eigenvalue weighted by molar-refractivity contribution is 0.362. The van der Waals surface area contributed by atoms with E-state index in [1.165, 1.54) is 4.88 Å². The van der Waals surface area contributed by atoms with E-state index in [1.807, 2.05) is 50.3 Å². The summed E-state index contributed by atoms with van der Waals surface area (Å²) in [6.45, 7) is 6.25. The van der Waals surface area contributed by atoms with Gasteiger partial charge in [0.2, 0.25) is 0 Å². The van der Waals surface area contributed by atoms with Gasteiger partial charge in [0.25, 0.3) is 0 Å². The van der Waals surface area contributed by atoms with Crippen LogP contribution in [-0.2, 0) is 0 Å². The fourth-order valence-electron chi connectivity index (χ4n) is 3.15. The molecular formula is C26H22O3S. The zero-order valence-corrected chi connectivity index (χ0v) is 18.0. The molecule has 30 heavy (non-hydrogen) atoms. The number of hydrogen-bond acceptors (Lipinski definition) is 4. The molecule has 4 aromatic rings. The summed E-state index contributed by atoms with van der Waals surface area (Å²) in [7, 11) is 0. The molecule has 2 aromatic heterocycles. The van der Waals surface area contributed by atoms with Crippen molar-refractivity contribution in [3.05, 3.63) is 87.3 Å². The van der Waals surface area contributed by atoms with Gasteiger partial charge in [-0.15, -0.1) is 11.3 Å². The Kier molecular flexibility index (Phi) is 5.65. The highest BCUT2D eigenvalue weighted by Crippen LogP contribution is 2.25. The first-order valence-electron chi connectivity index (χ1n) is 9.69. The summed E-state index contributed by atoms with van der Waals surface area (Å²) in [4.78, 5) is 2.28. The maximum absolute atomic E-state index is 9.68. The van der Waals surface area contributed by atoms with E-state index in [9.17, 15) is 5.11 Å². The number of phenolic OH excluding ortho intramolecular Hbond substituents is 1. The Morgan fingerprint density at radius 2 is 1.93 bits per heavy atom. The predicted octanol–water partition coefficient (Wildman–Crippen LogP) is 6.64. The third-order valence-corrected chi connectivity index (χ3v) is 5.63. The number of phenols is 1. The fourth-order valence-corrected chi connectivity index (χ4v) is 3.88. The summed E-state index contributed by atoms with van der Waals surface area (Å²) in [6.07, 6.45) is 1.99. The van der Waals surface area contributed by atoms with Gasteiger partial charge < -0.3 is 14.3 Å². The molecule has 1 N–H and O–H groups in total. The third-order valence-electron chi connectivity index (χ3n) is 4.72. The monoisotopic (exact) mass is 414 g/mol. The van der Waals surface area contributed by atoms with Crippen LogP contribution in [0, 0.1) is 32.6 Å². The van der Waals surface area contributed by atoms with Crippen molar-refractivity contribution in [3.63, 3.8) is 0 Å². The van der Waals surface area contributed by atoms with Crippen LogP contribution >= 0.6 is 11.3 Å². The van der Waals surface area contributed by atoms with Crippen LogP contribution < -0.4 is 4.74 Å². The molecule has 0 amide bonds. The molecule has 0 atom stereocenters. The summed E-state index contributed by atoms with van der Waals surface area (Å²) < 4.78 is 11.6. The number of ether oxygens (including phenoxy) is 1. The van der Waals surface area contributed by atoms with Crippen molar-refractivity contribution < 1.29 is 14.3 Å². The zero-order chi connectivity index (χ0) is 21.1. The Bertz CT molecular complexity index is 1290. The summed E-state index contributed by atoms with van der Waals surface area (Å²) >= 11 is 1.68. The average molecular weight is 415 g/mol. The topological polar surface area (TPSA) is 42.6 Å². The molecule has 0 spiro atoms. The van der Waals surface area contributed by atoms with Gasteiger partial charge in [-0.3, -0.25) is 0 Å². The van der Waals surface area contributed by atoms with E-state index in [1.54, 1.807) is 23.5 Å². The van der Waals surface area contributed by atoms with Crippen molar-refractivity contribution in [3.8, 4) is 23.3 Å². The van der Waals surface area contributed by atoms with Crippen molar-refractivity contribution in [2.75, 3.05) is 6.61 Å². The molecule has 3 nitrogen and oxygen atoms in total. The molecule has 0 aliphatic rings. The van der Waals surface area contributed by atoms with Crippen LogP contribution in [0.3, 0.4) is 0 Å². The first-order chi connectivity index (χ1) is 14.5. The van der Waals surface area contributed by atoms with Gasteiger partial charge in [0.15, 0.2) is 0 Å². The molecule has 0 aliphatic carbocycles. The second kappa shape index (κ2) is 8.52. The van der Waals surface area contributed by atoms with Crippen molar-refractivity contribution >= 4 is 27.9 Å². The molecule has 0 unspecified atom stereocenters. The molecule has 0 bridgehead atoms. The molecule has 2 heterocycles. The van der Waals surface area contributed by atoms with Crippen molar-refractivity contribution in [1.82, 2.24) is 0 Å². The largest absolute Gasteiger partial charge is 0.508 e. The number of rotatable bonds is 4. The lowest BCUT2D eigenvalue weighted by Crippen LogP contribution is -1.95. The quantitative estimate of drug-likeness (QED) is 0.381.